The quantitative estimate of drug-likeness (QED) is 0.476. The fraction of sp³-hybridized carbons (Fsp3) is 0.208. The van der Waals surface area contributed by atoms with Crippen LogP contribution in [0.5, 0.6) is 0 Å². The Morgan fingerprint density at radius 3 is 2.75 bits per heavy atom. The molecule has 0 radical (unpaired) electrons. The number of imidazole rings is 1. The minimum Gasteiger partial charge on any atom is -0.345 e. The van der Waals surface area contributed by atoms with E-state index in [0.717, 1.165) is 47.6 Å². The first kappa shape index (κ1) is 18.7. The van der Waals surface area contributed by atoms with Gasteiger partial charge in [-0.3, -0.25) is 9.36 Å². The van der Waals surface area contributed by atoms with E-state index in [1.165, 1.54) is 0 Å². The molecule has 6 rings (SSSR count). The monoisotopic (exact) mass is 423 g/mol. The van der Waals surface area contributed by atoms with Crippen LogP contribution in [0.25, 0.3) is 22.1 Å². The summed E-state index contributed by atoms with van der Waals surface area (Å²) >= 11 is 0. The average Bonchev–Trinajstić information content (AvgIpc) is 3.51. The van der Waals surface area contributed by atoms with E-state index < -0.39 is 0 Å². The average molecular weight is 423 g/mol. The van der Waals surface area contributed by atoms with Crippen molar-refractivity contribution in [3.05, 3.63) is 89.0 Å². The van der Waals surface area contributed by atoms with E-state index in [0.29, 0.717) is 17.6 Å². The summed E-state index contributed by atoms with van der Waals surface area (Å²) in [4.78, 5) is 37.1. The van der Waals surface area contributed by atoms with Gasteiger partial charge in [-0.1, -0.05) is 42.5 Å². The molecule has 1 saturated heterocycles. The molecule has 0 aliphatic carbocycles. The Labute approximate surface area is 183 Å². The molecule has 32 heavy (non-hydrogen) atoms. The Bertz CT molecular complexity index is 1470. The lowest BCUT2D eigenvalue weighted by molar-refractivity contribution is 0.584. The third kappa shape index (κ3) is 3.03. The second-order valence-electron chi connectivity index (χ2n) is 8.01. The Morgan fingerprint density at radius 2 is 1.84 bits per heavy atom. The van der Waals surface area contributed by atoms with E-state index in [2.05, 4.69) is 24.8 Å². The topological polar surface area (TPSA) is 92.6 Å². The van der Waals surface area contributed by atoms with E-state index in [9.17, 15) is 4.79 Å². The number of benzene rings is 2. The second kappa shape index (κ2) is 7.56. The van der Waals surface area contributed by atoms with Crippen LogP contribution in [0, 0.1) is 0 Å². The molecule has 3 aromatic heterocycles. The van der Waals surface area contributed by atoms with E-state index in [-0.39, 0.29) is 11.6 Å². The molecule has 0 bridgehead atoms. The number of fused-ring (bicyclic) bond motifs is 2. The number of aromatic amines is 1. The molecule has 1 fully saturated rings. The maximum Gasteiger partial charge on any atom is 0.261 e. The minimum atomic E-state index is -0.0718. The van der Waals surface area contributed by atoms with Gasteiger partial charge in [-0.15, -0.1) is 0 Å². The van der Waals surface area contributed by atoms with Crippen molar-refractivity contribution in [3.8, 4) is 0 Å². The van der Waals surface area contributed by atoms with Gasteiger partial charge in [0, 0.05) is 6.54 Å². The summed E-state index contributed by atoms with van der Waals surface area (Å²) in [5.74, 6) is 1.56. The molecule has 8 heteroatoms. The highest BCUT2D eigenvalue weighted by atomic mass is 16.1. The Morgan fingerprint density at radius 1 is 1.00 bits per heavy atom. The van der Waals surface area contributed by atoms with Crippen LogP contribution in [0.2, 0.25) is 0 Å². The van der Waals surface area contributed by atoms with Gasteiger partial charge in [0.1, 0.15) is 17.7 Å². The Balaban J connectivity index is 1.53. The van der Waals surface area contributed by atoms with Crippen LogP contribution < -0.4 is 10.5 Å². The van der Waals surface area contributed by atoms with Gasteiger partial charge in [0.15, 0.2) is 11.5 Å². The van der Waals surface area contributed by atoms with Crippen LogP contribution in [-0.4, -0.2) is 36.0 Å². The molecule has 4 heterocycles. The van der Waals surface area contributed by atoms with Gasteiger partial charge >= 0.3 is 0 Å². The summed E-state index contributed by atoms with van der Waals surface area (Å²) in [5, 5.41) is 0.634. The molecule has 1 atom stereocenters. The van der Waals surface area contributed by atoms with Crippen LogP contribution in [0.4, 0.5) is 5.82 Å². The number of rotatable bonds is 4. The zero-order valence-corrected chi connectivity index (χ0v) is 17.3. The van der Waals surface area contributed by atoms with Crippen LogP contribution >= 0.6 is 0 Å². The third-order valence-corrected chi connectivity index (χ3v) is 6.10. The number of H-pyrrole nitrogens is 1. The highest BCUT2D eigenvalue weighted by Gasteiger charge is 2.32. The SMILES string of the molecule is O=c1c2ccccc2nc([C@@H]2CCCN2c2ncnc3nc[nH]c23)n1Cc1ccccc1. The van der Waals surface area contributed by atoms with Crippen LogP contribution in [-0.2, 0) is 6.54 Å². The van der Waals surface area contributed by atoms with Crippen LogP contribution in [0.1, 0.15) is 30.3 Å². The predicted molar refractivity (Wildman–Crippen MR) is 123 cm³/mol. The lowest BCUT2D eigenvalue weighted by Gasteiger charge is -2.27. The normalized spacial score (nSPS) is 16.2. The zero-order valence-electron chi connectivity index (χ0n) is 17.3. The number of hydrogen-bond donors (Lipinski definition) is 1. The maximum absolute atomic E-state index is 13.6. The van der Waals surface area contributed by atoms with Crippen molar-refractivity contribution >= 4 is 27.9 Å². The largest absolute Gasteiger partial charge is 0.345 e. The van der Waals surface area contributed by atoms with Crippen LogP contribution in [0.15, 0.2) is 72.0 Å². The molecule has 0 saturated carbocycles. The van der Waals surface area contributed by atoms with E-state index in [1.807, 2.05) is 59.2 Å². The minimum absolute atomic E-state index is 0.0179. The summed E-state index contributed by atoms with van der Waals surface area (Å²) < 4.78 is 1.83. The first-order valence-corrected chi connectivity index (χ1v) is 10.7. The fourth-order valence-electron chi connectivity index (χ4n) is 4.62. The molecule has 158 valence electrons. The van der Waals surface area contributed by atoms with Crippen LogP contribution in [0.3, 0.4) is 0 Å². The third-order valence-electron chi connectivity index (χ3n) is 6.10. The van der Waals surface area contributed by atoms with Gasteiger partial charge in [0.25, 0.3) is 5.56 Å². The number of nitrogens with zero attached hydrogens (tertiary/aromatic N) is 6. The van der Waals surface area contributed by atoms with Gasteiger partial charge in [-0.2, -0.15) is 0 Å². The molecule has 8 nitrogen and oxygen atoms in total. The molecule has 1 N–H and O–H groups in total. The second-order valence-corrected chi connectivity index (χ2v) is 8.01. The standard InChI is InChI=1S/C24H21N7O/c32-24-17-9-4-5-10-18(17)29-22(31(24)13-16-7-2-1-3-8-16)19-11-6-12-30(19)23-20-21(26-14-25-20)27-15-28-23/h1-5,7-10,14-15,19H,6,11-13H2,(H,25,26,27,28)/t19-/m0/s1. The molecule has 0 amide bonds. The van der Waals surface area contributed by atoms with Crippen molar-refractivity contribution < 1.29 is 0 Å². The smallest absolute Gasteiger partial charge is 0.261 e. The van der Waals surface area contributed by atoms with Crippen molar-refractivity contribution in [1.29, 1.82) is 0 Å². The summed E-state index contributed by atoms with van der Waals surface area (Å²) in [5.41, 5.74) is 3.20. The maximum atomic E-state index is 13.6. The van der Waals surface area contributed by atoms with Crippen molar-refractivity contribution in [1.82, 2.24) is 29.5 Å². The lowest BCUT2D eigenvalue weighted by Crippen LogP contribution is -2.33. The number of hydrogen-bond acceptors (Lipinski definition) is 6. The summed E-state index contributed by atoms with van der Waals surface area (Å²) in [6.07, 6.45) is 5.05. The molecule has 2 aromatic carbocycles. The van der Waals surface area contributed by atoms with E-state index in [1.54, 1.807) is 12.7 Å². The first-order chi connectivity index (χ1) is 15.8. The number of nitrogens with one attached hydrogen (secondary N) is 1. The van der Waals surface area contributed by atoms with Crippen molar-refractivity contribution in [3.63, 3.8) is 0 Å². The van der Waals surface area contributed by atoms with Gasteiger partial charge in [0.2, 0.25) is 0 Å². The molecule has 1 aliphatic rings. The summed E-state index contributed by atoms with van der Waals surface area (Å²) in [6.45, 7) is 1.30. The lowest BCUT2D eigenvalue weighted by atomic mass is 10.1. The molecule has 0 spiro atoms. The Kier molecular flexibility index (Phi) is 4.41. The first-order valence-electron chi connectivity index (χ1n) is 10.7. The van der Waals surface area contributed by atoms with Crippen molar-refractivity contribution in [2.45, 2.75) is 25.4 Å². The fourth-order valence-corrected chi connectivity index (χ4v) is 4.62. The highest BCUT2D eigenvalue weighted by molar-refractivity contribution is 5.83. The molecular weight excluding hydrogens is 402 g/mol. The van der Waals surface area contributed by atoms with E-state index in [4.69, 9.17) is 4.98 Å². The van der Waals surface area contributed by atoms with E-state index >= 15 is 0 Å². The predicted octanol–water partition coefficient (Wildman–Crippen LogP) is 3.45. The number of para-hydroxylation sites is 1. The zero-order chi connectivity index (χ0) is 21.5. The van der Waals surface area contributed by atoms with Gasteiger partial charge in [0.05, 0.1) is 29.8 Å². The Hall–Kier alpha value is -4.07. The van der Waals surface area contributed by atoms with Crippen molar-refractivity contribution in [2.24, 2.45) is 0 Å². The van der Waals surface area contributed by atoms with Gasteiger partial charge < -0.3 is 9.88 Å². The van der Waals surface area contributed by atoms with Gasteiger partial charge in [-0.05, 0) is 30.5 Å². The highest BCUT2D eigenvalue weighted by Crippen LogP contribution is 2.36. The molecule has 5 aromatic rings. The van der Waals surface area contributed by atoms with Gasteiger partial charge in [-0.25, -0.2) is 19.9 Å². The molecular formula is C24H21N7O. The molecule has 0 unspecified atom stereocenters. The number of anilines is 1. The summed E-state index contributed by atoms with van der Waals surface area (Å²) in [7, 11) is 0. The summed E-state index contributed by atoms with van der Waals surface area (Å²) in [6, 6.07) is 17.5. The number of aromatic nitrogens is 6. The molecule has 1 aliphatic heterocycles. The van der Waals surface area contributed by atoms with Crippen molar-refractivity contribution in [2.75, 3.05) is 11.4 Å².